The van der Waals surface area contributed by atoms with Gasteiger partial charge in [0.15, 0.2) is 0 Å². The minimum Gasteiger partial charge on any atom is -0.324 e. The Labute approximate surface area is 145 Å². The van der Waals surface area contributed by atoms with Crippen molar-refractivity contribution in [3.8, 4) is 17.2 Å². The highest BCUT2D eigenvalue weighted by Crippen LogP contribution is 2.29. The van der Waals surface area contributed by atoms with E-state index in [9.17, 15) is 9.59 Å². The summed E-state index contributed by atoms with van der Waals surface area (Å²) in [6.07, 6.45) is 5.22. The van der Waals surface area contributed by atoms with Crippen LogP contribution in [0.3, 0.4) is 0 Å². The van der Waals surface area contributed by atoms with E-state index in [0.29, 0.717) is 36.5 Å². The van der Waals surface area contributed by atoms with Crippen LogP contribution in [0.15, 0.2) is 24.7 Å². The van der Waals surface area contributed by atoms with Gasteiger partial charge in [-0.2, -0.15) is 15.0 Å². The lowest BCUT2D eigenvalue weighted by atomic mass is 10.0. The van der Waals surface area contributed by atoms with Gasteiger partial charge in [0.05, 0.1) is 29.6 Å². The molecule has 3 heterocycles. The SMILES string of the molecule is CCC(=O)Nc1c(-c2cnn(C(=O)N3CC(C#N)C3)c2)ccnc1C. The molecular weight excluding hydrogens is 320 g/mol. The van der Waals surface area contributed by atoms with Crippen molar-refractivity contribution in [2.24, 2.45) is 5.92 Å². The first-order valence-electron chi connectivity index (χ1n) is 8.02. The molecular formula is C17H18N6O2. The number of carbonyl (C=O) groups is 2. The highest BCUT2D eigenvalue weighted by atomic mass is 16.2. The van der Waals surface area contributed by atoms with Crippen LogP contribution < -0.4 is 5.32 Å². The molecule has 128 valence electrons. The molecule has 3 rings (SSSR count). The highest BCUT2D eigenvalue weighted by Gasteiger charge is 2.31. The van der Waals surface area contributed by atoms with E-state index in [-0.39, 0.29) is 17.9 Å². The predicted molar refractivity (Wildman–Crippen MR) is 90.6 cm³/mol. The van der Waals surface area contributed by atoms with E-state index in [0.717, 1.165) is 5.56 Å². The average molecular weight is 338 g/mol. The van der Waals surface area contributed by atoms with Gasteiger partial charge in [0, 0.05) is 43.0 Å². The second-order valence-corrected chi connectivity index (χ2v) is 5.91. The van der Waals surface area contributed by atoms with Crippen LogP contribution in [0.5, 0.6) is 0 Å². The van der Waals surface area contributed by atoms with Gasteiger partial charge in [0.1, 0.15) is 0 Å². The number of nitriles is 1. The molecule has 0 spiro atoms. The fourth-order valence-electron chi connectivity index (χ4n) is 2.62. The molecule has 0 bridgehead atoms. The number of nitrogens with zero attached hydrogens (tertiary/aromatic N) is 5. The molecule has 0 aromatic carbocycles. The Balaban J connectivity index is 1.85. The molecule has 8 heteroatoms. The largest absolute Gasteiger partial charge is 0.344 e. The van der Waals surface area contributed by atoms with Crippen molar-refractivity contribution in [3.63, 3.8) is 0 Å². The molecule has 1 fully saturated rings. The van der Waals surface area contributed by atoms with Crippen molar-refractivity contribution in [3.05, 3.63) is 30.4 Å². The Bertz CT molecular complexity index is 860. The summed E-state index contributed by atoms with van der Waals surface area (Å²) in [6.45, 7) is 4.44. The van der Waals surface area contributed by atoms with Gasteiger partial charge in [-0.15, -0.1) is 0 Å². The fourth-order valence-corrected chi connectivity index (χ4v) is 2.62. The molecule has 0 aliphatic carbocycles. The first-order valence-corrected chi connectivity index (χ1v) is 8.02. The van der Waals surface area contributed by atoms with Crippen LogP contribution in [-0.2, 0) is 4.79 Å². The van der Waals surface area contributed by atoms with E-state index in [1.165, 1.54) is 4.68 Å². The zero-order chi connectivity index (χ0) is 18.0. The minimum absolute atomic E-state index is 0.0994. The summed E-state index contributed by atoms with van der Waals surface area (Å²) < 4.78 is 1.25. The summed E-state index contributed by atoms with van der Waals surface area (Å²) in [6, 6.07) is 3.65. The number of aryl methyl sites for hydroxylation is 1. The number of anilines is 1. The van der Waals surface area contributed by atoms with E-state index in [4.69, 9.17) is 5.26 Å². The standard InChI is InChI=1S/C17H18N6O2/c1-3-15(24)21-16-11(2)19-5-4-14(16)13-7-20-23(10-13)17(25)22-8-12(6-18)9-22/h4-5,7,10,12H,3,8-9H2,1-2H3,(H,21,24). The van der Waals surface area contributed by atoms with Crippen molar-refractivity contribution in [2.75, 3.05) is 18.4 Å². The van der Waals surface area contributed by atoms with E-state index in [1.807, 2.05) is 6.92 Å². The summed E-state index contributed by atoms with van der Waals surface area (Å²) in [7, 11) is 0. The van der Waals surface area contributed by atoms with Gasteiger partial charge in [-0.25, -0.2) is 4.79 Å². The summed E-state index contributed by atoms with van der Waals surface area (Å²) in [4.78, 5) is 29.9. The normalized spacial score (nSPS) is 13.9. The molecule has 2 aromatic rings. The molecule has 0 unspecified atom stereocenters. The van der Waals surface area contributed by atoms with Crippen LogP contribution in [0, 0.1) is 24.2 Å². The quantitative estimate of drug-likeness (QED) is 0.922. The molecule has 1 aliphatic heterocycles. The molecule has 1 aliphatic rings. The lowest BCUT2D eigenvalue weighted by Gasteiger charge is -2.34. The number of pyridine rings is 1. The Hall–Kier alpha value is -3.21. The lowest BCUT2D eigenvalue weighted by Crippen LogP contribution is -2.51. The Morgan fingerprint density at radius 1 is 1.44 bits per heavy atom. The summed E-state index contributed by atoms with van der Waals surface area (Å²) in [5, 5.41) is 15.8. The van der Waals surface area contributed by atoms with Crippen molar-refractivity contribution in [1.29, 1.82) is 5.26 Å². The Kier molecular flexibility index (Phi) is 4.48. The minimum atomic E-state index is -0.261. The average Bonchev–Trinajstić information content (AvgIpc) is 3.05. The van der Waals surface area contributed by atoms with Gasteiger partial charge in [0.2, 0.25) is 5.91 Å². The molecule has 1 saturated heterocycles. The van der Waals surface area contributed by atoms with Crippen LogP contribution >= 0.6 is 0 Å². The maximum atomic E-state index is 12.3. The second-order valence-electron chi connectivity index (χ2n) is 5.91. The smallest absolute Gasteiger partial charge is 0.324 e. The van der Waals surface area contributed by atoms with E-state index in [1.54, 1.807) is 36.5 Å². The first-order chi connectivity index (χ1) is 12.0. The van der Waals surface area contributed by atoms with Gasteiger partial charge < -0.3 is 10.2 Å². The number of nitrogens with one attached hydrogen (secondary N) is 1. The van der Waals surface area contributed by atoms with E-state index in [2.05, 4.69) is 21.5 Å². The van der Waals surface area contributed by atoms with Crippen molar-refractivity contribution >= 4 is 17.6 Å². The second kappa shape index (κ2) is 6.73. The summed E-state index contributed by atoms with van der Waals surface area (Å²) in [5.41, 5.74) is 2.78. The molecule has 8 nitrogen and oxygen atoms in total. The molecule has 2 amide bonds. The molecule has 0 saturated carbocycles. The number of aromatic nitrogens is 3. The van der Waals surface area contributed by atoms with Crippen LogP contribution in [0.4, 0.5) is 10.5 Å². The van der Waals surface area contributed by atoms with Gasteiger partial charge in [-0.1, -0.05) is 6.92 Å². The summed E-state index contributed by atoms with van der Waals surface area (Å²) in [5.74, 6) is -0.207. The fraction of sp³-hybridized carbons (Fsp3) is 0.353. The number of carbonyl (C=O) groups excluding carboxylic acids is 2. The zero-order valence-electron chi connectivity index (χ0n) is 14.1. The number of amides is 2. The van der Waals surface area contributed by atoms with Crippen molar-refractivity contribution < 1.29 is 9.59 Å². The molecule has 0 radical (unpaired) electrons. The molecule has 2 aromatic heterocycles. The van der Waals surface area contributed by atoms with Crippen LogP contribution in [0.1, 0.15) is 19.0 Å². The first kappa shape index (κ1) is 16.6. The molecule has 0 atom stereocenters. The van der Waals surface area contributed by atoms with Gasteiger partial charge >= 0.3 is 6.03 Å². The van der Waals surface area contributed by atoms with Gasteiger partial charge in [-0.05, 0) is 13.0 Å². The van der Waals surface area contributed by atoms with E-state index < -0.39 is 0 Å². The third kappa shape index (κ3) is 3.21. The topological polar surface area (TPSA) is 104 Å². The lowest BCUT2D eigenvalue weighted by molar-refractivity contribution is -0.115. The summed E-state index contributed by atoms with van der Waals surface area (Å²) >= 11 is 0. The number of rotatable bonds is 3. The Morgan fingerprint density at radius 3 is 2.88 bits per heavy atom. The van der Waals surface area contributed by atoms with Crippen LogP contribution in [0.2, 0.25) is 0 Å². The van der Waals surface area contributed by atoms with Crippen LogP contribution in [0.25, 0.3) is 11.1 Å². The maximum absolute atomic E-state index is 12.3. The number of likely N-dealkylation sites (tertiary alicyclic amines) is 1. The van der Waals surface area contributed by atoms with Crippen LogP contribution in [-0.4, -0.2) is 44.7 Å². The van der Waals surface area contributed by atoms with Gasteiger partial charge in [0.25, 0.3) is 0 Å². The third-order valence-electron chi connectivity index (χ3n) is 4.15. The van der Waals surface area contributed by atoms with E-state index >= 15 is 0 Å². The zero-order valence-corrected chi connectivity index (χ0v) is 14.1. The van der Waals surface area contributed by atoms with Crippen molar-refractivity contribution in [1.82, 2.24) is 19.7 Å². The monoisotopic (exact) mass is 338 g/mol. The highest BCUT2D eigenvalue weighted by molar-refractivity contribution is 5.96. The third-order valence-corrected chi connectivity index (χ3v) is 4.15. The molecule has 1 N–H and O–H groups in total. The van der Waals surface area contributed by atoms with Crippen molar-refractivity contribution in [2.45, 2.75) is 20.3 Å². The number of hydrogen-bond donors (Lipinski definition) is 1. The Morgan fingerprint density at radius 2 is 2.20 bits per heavy atom. The number of hydrogen-bond acceptors (Lipinski definition) is 5. The van der Waals surface area contributed by atoms with Gasteiger partial charge in [-0.3, -0.25) is 9.78 Å². The predicted octanol–water partition coefficient (Wildman–Crippen LogP) is 2.03. The maximum Gasteiger partial charge on any atom is 0.344 e. The molecule has 25 heavy (non-hydrogen) atoms.